The van der Waals surface area contributed by atoms with Crippen LogP contribution in [0, 0.1) is 11.8 Å². The van der Waals surface area contributed by atoms with Gasteiger partial charge >= 0.3 is 5.97 Å². The van der Waals surface area contributed by atoms with Crippen LogP contribution in [0.3, 0.4) is 0 Å². The first-order chi connectivity index (χ1) is 14.3. The predicted molar refractivity (Wildman–Crippen MR) is 107 cm³/mol. The Kier molecular flexibility index (Phi) is 6.49. The molecule has 160 valence electrons. The maximum absolute atomic E-state index is 12.6. The highest BCUT2D eigenvalue weighted by atomic mass is 16.5. The van der Waals surface area contributed by atoms with Crippen molar-refractivity contribution in [2.45, 2.75) is 45.6 Å². The number of hydrogen-bond donors (Lipinski definition) is 2. The predicted octanol–water partition coefficient (Wildman–Crippen LogP) is 1.69. The van der Waals surface area contributed by atoms with Crippen molar-refractivity contribution in [1.82, 2.24) is 4.90 Å². The maximum atomic E-state index is 12.6. The first-order valence-electron chi connectivity index (χ1n) is 9.99. The van der Waals surface area contributed by atoms with Crippen LogP contribution in [0.1, 0.15) is 39.5 Å². The molecule has 1 saturated carbocycles. The second kappa shape index (κ2) is 9.06. The molecule has 1 aliphatic heterocycles. The van der Waals surface area contributed by atoms with Crippen molar-refractivity contribution in [1.29, 1.82) is 0 Å². The number of benzene rings is 1. The zero-order chi connectivity index (χ0) is 21.8. The number of imide groups is 1. The summed E-state index contributed by atoms with van der Waals surface area (Å²) >= 11 is 0. The van der Waals surface area contributed by atoms with Gasteiger partial charge in [-0.3, -0.25) is 24.1 Å². The molecular formula is C21H25N3O6. The third-order valence-electron chi connectivity index (χ3n) is 5.42. The van der Waals surface area contributed by atoms with E-state index in [9.17, 15) is 24.0 Å². The molecule has 0 bridgehead atoms. The molecule has 1 aliphatic carbocycles. The molecule has 3 rings (SSSR count). The van der Waals surface area contributed by atoms with Crippen LogP contribution in [-0.4, -0.2) is 47.1 Å². The molecule has 30 heavy (non-hydrogen) atoms. The molecule has 0 radical (unpaired) electrons. The van der Waals surface area contributed by atoms with E-state index < -0.39 is 24.5 Å². The van der Waals surface area contributed by atoms with Gasteiger partial charge in [-0.1, -0.05) is 18.9 Å². The van der Waals surface area contributed by atoms with Crippen LogP contribution in [0.25, 0.3) is 0 Å². The molecule has 1 aromatic rings. The van der Waals surface area contributed by atoms with E-state index in [4.69, 9.17) is 4.74 Å². The third-order valence-corrected chi connectivity index (χ3v) is 5.42. The molecule has 0 unspecified atom stereocenters. The van der Waals surface area contributed by atoms with E-state index in [0.29, 0.717) is 24.2 Å². The van der Waals surface area contributed by atoms with Crippen LogP contribution in [0.2, 0.25) is 0 Å². The average molecular weight is 415 g/mol. The van der Waals surface area contributed by atoms with Gasteiger partial charge < -0.3 is 15.4 Å². The van der Waals surface area contributed by atoms with Crippen molar-refractivity contribution in [3.8, 4) is 0 Å². The number of carbonyl (C=O) groups excluding carboxylic acids is 5. The Morgan fingerprint density at radius 1 is 1.07 bits per heavy atom. The number of esters is 1. The summed E-state index contributed by atoms with van der Waals surface area (Å²) in [6, 6.07) is 5.43. The van der Waals surface area contributed by atoms with Crippen molar-refractivity contribution >= 4 is 41.0 Å². The van der Waals surface area contributed by atoms with Gasteiger partial charge in [0.2, 0.25) is 17.7 Å². The number of carbonyl (C=O) groups is 5. The lowest BCUT2D eigenvalue weighted by molar-refractivity contribution is -0.159. The summed E-state index contributed by atoms with van der Waals surface area (Å²) in [5.41, 5.74) is 0.933. The quantitative estimate of drug-likeness (QED) is 0.539. The molecule has 1 aromatic carbocycles. The number of rotatable bonds is 6. The topological polar surface area (TPSA) is 122 Å². The van der Waals surface area contributed by atoms with Crippen molar-refractivity contribution < 1.29 is 28.7 Å². The van der Waals surface area contributed by atoms with Gasteiger partial charge in [0.25, 0.3) is 5.91 Å². The monoisotopic (exact) mass is 415 g/mol. The summed E-state index contributed by atoms with van der Waals surface area (Å²) in [7, 11) is 0. The van der Waals surface area contributed by atoms with E-state index in [1.54, 1.807) is 24.3 Å². The Morgan fingerprint density at radius 3 is 2.20 bits per heavy atom. The van der Waals surface area contributed by atoms with E-state index in [1.807, 2.05) is 0 Å². The molecule has 0 aromatic heterocycles. The minimum atomic E-state index is -1.08. The molecule has 9 heteroatoms. The fourth-order valence-corrected chi connectivity index (χ4v) is 4.01. The van der Waals surface area contributed by atoms with Gasteiger partial charge in [0.1, 0.15) is 6.04 Å². The van der Waals surface area contributed by atoms with Crippen molar-refractivity contribution in [3.05, 3.63) is 24.3 Å². The van der Waals surface area contributed by atoms with Gasteiger partial charge in [-0.05, 0) is 38.0 Å². The summed E-state index contributed by atoms with van der Waals surface area (Å²) in [6.07, 6.45) is 3.12. The first-order valence-corrected chi connectivity index (χ1v) is 9.99. The summed E-state index contributed by atoms with van der Waals surface area (Å²) < 4.78 is 5.03. The molecule has 4 amide bonds. The normalized spacial score (nSPS) is 21.6. The smallest absolute Gasteiger partial charge is 0.329 e. The van der Waals surface area contributed by atoms with Gasteiger partial charge in [-0.25, -0.2) is 4.79 Å². The van der Waals surface area contributed by atoms with E-state index >= 15 is 0 Å². The highest BCUT2D eigenvalue weighted by Crippen LogP contribution is 2.38. The number of likely N-dealkylation sites (tertiary alicyclic amines) is 1. The number of hydrogen-bond acceptors (Lipinski definition) is 6. The lowest BCUT2D eigenvalue weighted by atomic mass is 9.81. The summed E-state index contributed by atoms with van der Waals surface area (Å²) in [5.74, 6) is -2.98. The molecular weight excluding hydrogens is 390 g/mol. The van der Waals surface area contributed by atoms with Crippen molar-refractivity contribution in [2.24, 2.45) is 11.8 Å². The number of nitrogens with one attached hydrogen (secondary N) is 2. The van der Waals surface area contributed by atoms with Gasteiger partial charge in [0, 0.05) is 18.3 Å². The maximum Gasteiger partial charge on any atom is 0.329 e. The van der Waals surface area contributed by atoms with Crippen LogP contribution in [0.15, 0.2) is 24.3 Å². The van der Waals surface area contributed by atoms with Crippen LogP contribution in [0.4, 0.5) is 11.4 Å². The molecule has 2 fully saturated rings. The fourth-order valence-electron chi connectivity index (χ4n) is 4.01. The van der Waals surface area contributed by atoms with Crippen LogP contribution in [-0.2, 0) is 28.7 Å². The lowest BCUT2D eigenvalue weighted by Gasteiger charge is -2.21. The van der Waals surface area contributed by atoms with Gasteiger partial charge in [-0.2, -0.15) is 0 Å². The van der Waals surface area contributed by atoms with Crippen molar-refractivity contribution in [2.75, 3.05) is 17.2 Å². The minimum Gasteiger partial charge on any atom is -0.454 e. The number of fused-ring (bicyclic) bond motifs is 1. The second-order valence-corrected chi connectivity index (χ2v) is 7.64. The third kappa shape index (κ3) is 4.67. The zero-order valence-corrected chi connectivity index (χ0v) is 17.0. The molecule has 2 N–H and O–H groups in total. The van der Waals surface area contributed by atoms with E-state index in [-0.39, 0.29) is 29.6 Å². The Bertz CT molecular complexity index is 859. The minimum absolute atomic E-state index is 0.243. The average Bonchev–Trinajstić information content (AvgIpc) is 2.96. The van der Waals surface area contributed by atoms with E-state index in [2.05, 4.69) is 10.6 Å². The number of nitrogens with zero attached hydrogens (tertiary/aromatic N) is 1. The molecule has 1 saturated heterocycles. The highest BCUT2D eigenvalue weighted by molar-refractivity contribution is 6.08. The summed E-state index contributed by atoms with van der Waals surface area (Å²) in [6.45, 7) is 2.25. The molecule has 9 nitrogen and oxygen atoms in total. The van der Waals surface area contributed by atoms with E-state index in [0.717, 1.165) is 17.7 Å². The molecule has 2 aliphatic rings. The number of anilines is 2. The standard InChI is InChI=1S/C21H25N3O6/c1-12(24-19(27)16-8-3-4-9-17(16)20(24)28)21(29)30-11-18(26)23-15-7-5-6-14(10-15)22-13(2)25/h5-7,10,12,16-17H,3-4,8-9,11H2,1-2H3,(H,22,25)(H,23,26)/t12-,16-,17+/m0/s1. The number of amides is 4. The van der Waals surface area contributed by atoms with Crippen LogP contribution >= 0.6 is 0 Å². The Morgan fingerprint density at radius 2 is 1.63 bits per heavy atom. The Balaban J connectivity index is 1.53. The Labute approximate surface area is 174 Å². The highest BCUT2D eigenvalue weighted by Gasteiger charge is 2.51. The zero-order valence-electron chi connectivity index (χ0n) is 17.0. The SMILES string of the molecule is CC(=O)Nc1cccc(NC(=O)COC(=O)[C@H](C)N2C(=O)[C@H]3CCCC[C@H]3C2=O)c1. The van der Waals surface area contributed by atoms with Crippen LogP contribution in [0.5, 0.6) is 0 Å². The van der Waals surface area contributed by atoms with Gasteiger partial charge in [-0.15, -0.1) is 0 Å². The van der Waals surface area contributed by atoms with Crippen LogP contribution < -0.4 is 10.6 Å². The lowest BCUT2D eigenvalue weighted by Crippen LogP contribution is -2.45. The second-order valence-electron chi connectivity index (χ2n) is 7.64. The fraction of sp³-hybridized carbons (Fsp3) is 0.476. The Hall–Kier alpha value is -3.23. The summed E-state index contributed by atoms with van der Waals surface area (Å²) in [4.78, 5) is 61.7. The largest absolute Gasteiger partial charge is 0.454 e. The van der Waals surface area contributed by atoms with Gasteiger partial charge in [0.05, 0.1) is 11.8 Å². The summed E-state index contributed by atoms with van der Waals surface area (Å²) in [5, 5.41) is 5.16. The molecule has 0 spiro atoms. The first kappa shape index (κ1) is 21.5. The number of ether oxygens (including phenoxy) is 1. The van der Waals surface area contributed by atoms with E-state index in [1.165, 1.54) is 13.8 Å². The van der Waals surface area contributed by atoms with Crippen molar-refractivity contribution in [3.63, 3.8) is 0 Å². The van der Waals surface area contributed by atoms with Gasteiger partial charge in [0.15, 0.2) is 6.61 Å². The molecule has 3 atom stereocenters. The molecule has 1 heterocycles.